The van der Waals surface area contributed by atoms with Crippen LogP contribution in [0.4, 0.5) is 0 Å². The Kier molecular flexibility index (Phi) is 2.88. The molecular weight excluding hydrogens is 240 g/mol. The fourth-order valence-corrected chi connectivity index (χ4v) is 2.18. The summed E-state index contributed by atoms with van der Waals surface area (Å²) in [4.78, 5) is 0. The Labute approximate surface area is 111 Å². The third-order valence-corrected chi connectivity index (χ3v) is 3.00. The van der Waals surface area contributed by atoms with E-state index in [2.05, 4.69) is 0 Å². The molecule has 0 amide bonds. The Morgan fingerprint density at radius 1 is 1.05 bits per heavy atom. The van der Waals surface area contributed by atoms with Gasteiger partial charge < -0.3 is 14.3 Å². The molecule has 0 radical (unpaired) electrons. The maximum absolute atomic E-state index is 10.00. The summed E-state index contributed by atoms with van der Waals surface area (Å²) in [6, 6.07) is 15.2. The fraction of sp³-hybridized carbons (Fsp3) is 0.125. The van der Waals surface area contributed by atoms with Gasteiger partial charge in [0.05, 0.1) is 6.61 Å². The number of hydrogen-bond donors (Lipinski definition) is 1. The van der Waals surface area contributed by atoms with Crippen LogP contribution in [-0.4, -0.2) is 11.7 Å². The molecule has 0 aliphatic heterocycles. The zero-order valence-corrected chi connectivity index (χ0v) is 10.6. The minimum absolute atomic E-state index is 0.173. The molecule has 0 atom stereocenters. The third-order valence-electron chi connectivity index (χ3n) is 3.00. The minimum Gasteiger partial charge on any atom is -0.507 e. The molecule has 0 fully saturated rings. The van der Waals surface area contributed by atoms with Crippen LogP contribution in [0.25, 0.3) is 22.1 Å². The molecule has 19 heavy (non-hydrogen) atoms. The molecule has 3 heteroatoms. The predicted octanol–water partition coefficient (Wildman–Crippen LogP) is 4.20. The molecule has 3 aromatic rings. The molecule has 0 unspecified atom stereocenters. The first kappa shape index (κ1) is 11.7. The van der Waals surface area contributed by atoms with Crippen LogP contribution in [0.1, 0.15) is 6.92 Å². The van der Waals surface area contributed by atoms with Gasteiger partial charge in [-0.25, -0.2) is 0 Å². The lowest BCUT2D eigenvalue weighted by Gasteiger charge is -1.99. The van der Waals surface area contributed by atoms with Crippen LogP contribution in [0.2, 0.25) is 0 Å². The highest BCUT2D eigenvalue weighted by Gasteiger charge is 2.18. The number of furan rings is 1. The monoisotopic (exact) mass is 254 g/mol. The zero-order chi connectivity index (χ0) is 13.2. The number of benzene rings is 2. The van der Waals surface area contributed by atoms with Crippen molar-refractivity contribution in [2.75, 3.05) is 6.61 Å². The first-order valence-electron chi connectivity index (χ1n) is 6.24. The average molecular weight is 254 g/mol. The summed E-state index contributed by atoms with van der Waals surface area (Å²) in [7, 11) is 0. The molecule has 1 heterocycles. The van der Waals surface area contributed by atoms with Crippen molar-refractivity contribution in [2.24, 2.45) is 0 Å². The fourth-order valence-electron chi connectivity index (χ4n) is 2.18. The van der Waals surface area contributed by atoms with Crippen molar-refractivity contribution in [3.63, 3.8) is 0 Å². The number of hydrogen-bond acceptors (Lipinski definition) is 3. The Morgan fingerprint density at radius 2 is 1.84 bits per heavy atom. The largest absolute Gasteiger partial charge is 0.507 e. The highest BCUT2D eigenvalue weighted by Crippen LogP contribution is 2.42. The number of fused-ring (bicyclic) bond motifs is 1. The van der Waals surface area contributed by atoms with Crippen LogP contribution in [0.3, 0.4) is 0 Å². The van der Waals surface area contributed by atoms with E-state index in [1.54, 1.807) is 12.1 Å². The topological polar surface area (TPSA) is 42.6 Å². The van der Waals surface area contributed by atoms with Crippen LogP contribution < -0.4 is 4.74 Å². The van der Waals surface area contributed by atoms with Crippen molar-refractivity contribution in [1.82, 2.24) is 0 Å². The van der Waals surface area contributed by atoms with Crippen LogP contribution in [0, 0.1) is 0 Å². The van der Waals surface area contributed by atoms with E-state index in [1.165, 1.54) is 0 Å². The van der Waals surface area contributed by atoms with E-state index in [9.17, 15) is 5.11 Å². The van der Waals surface area contributed by atoms with E-state index in [0.29, 0.717) is 17.9 Å². The van der Waals surface area contributed by atoms with Gasteiger partial charge in [0.2, 0.25) is 0 Å². The SMILES string of the molecule is CCOc1oc(-c2ccccc2)c2cccc(O)c12. The lowest BCUT2D eigenvalue weighted by Crippen LogP contribution is -1.89. The summed E-state index contributed by atoms with van der Waals surface area (Å²) < 4.78 is 11.3. The molecular formula is C16H14O3. The molecule has 2 aromatic carbocycles. The normalized spacial score (nSPS) is 10.8. The minimum atomic E-state index is 0.173. The third kappa shape index (κ3) is 1.93. The second kappa shape index (κ2) is 4.69. The van der Waals surface area contributed by atoms with Gasteiger partial charge in [-0.3, -0.25) is 0 Å². The Bertz CT molecular complexity index is 699. The number of rotatable bonds is 3. The van der Waals surface area contributed by atoms with Crippen LogP contribution in [0.15, 0.2) is 52.9 Å². The summed E-state index contributed by atoms with van der Waals surface area (Å²) in [5, 5.41) is 11.5. The Balaban J connectivity index is 2.29. The summed E-state index contributed by atoms with van der Waals surface area (Å²) in [5.74, 6) is 1.26. The van der Waals surface area contributed by atoms with Crippen LogP contribution in [-0.2, 0) is 0 Å². The van der Waals surface area contributed by atoms with Gasteiger partial charge in [-0.2, -0.15) is 0 Å². The molecule has 96 valence electrons. The van der Waals surface area contributed by atoms with Crippen molar-refractivity contribution < 1.29 is 14.3 Å². The van der Waals surface area contributed by atoms with Gasteiger partial charge in [0.25, 0.3) is 5.95 Å². The first-order valence-corrected chi connectivity index (χ1v) is 6.24. The first-order chi connectivity index (χ1) is 9.31. The average Bonchev–Trinajstić information content (AvgIpc) is 2.81. The molecule has 0 saturated heterocycles. The molecule has 0 spiro atoms. The maximum Gasteiger partial charge on any atom is 0.296 e. The number of aromatic hydroxyl groups is 1. The molecule has 0 aliphatic rings. The van der Waals surface area contributed by atoms with Crippen molar-refractivity contribution in [2.45, 2.75) is 6.92 Å². The lowest BCUT2D eigenvalue weighted by molar-refractivity contribution is 0.264. The number of phenols is 1. The lowest BCUT2D eigenvalue weighted by atomic mass is 10.1. The van der Waals surface area contributed by atoms with Gasteiger partial charge in [0.1, 0.15) is 16.9 Å². The van der Waals surface area contributed by atoms with Crippen molar-refractivity contribution >= 4 is 10.8 Å². The van der Waals surface area contributed by atoms with Gasteiger partial charge in [-0.15, -0.1) is 0 Å². The van der Waals surface area contributed by atoms with E-state index >= 15 is 0 Å². The van der Waals surface area contributed by atoms with Crippen molar-refractivity contribution in [1.29, 1.82) is 0 Å². The molecule has 3 rings (SSSR count). The summed E-state index contributed by atoms with van der Waals surface area (Å²) >= 11 is 0. The van der Waals surface area contributed by atoms with Crippen molar-refractivity contribution in [3.8, 4) is 23.0 Å². The van der Waals surface area contributed by atoms with E-state index in [0.717, 1.165) is 16.7 Å². The van der Waals surface area contributed by atoms with E-state index in [1.807, 2.05) is 43.3 Å². The maximum atomic E-state index is 10.00. The molecule has 0 aliphatic carbocycles. The van der Waals surface area contributed by atoms with Gasteiger partial charge in [-0.1, -0.05) is 42.5 Å². The second-order valence-electron chi connectivity index (χ2n) is 4.22. The molecule has 1 N–H and O–H groups in total. The van der Waals surface area contributed by atoms with Gasteiger partial charge in [0.15, 0.2) is 0 Å². The molecule has 0 bridgehead atoms. The summed E-state index contributed by atoms with van der Waals surface area (Å²) in [6.07, 6.45) is 0. The van der Waals surface area contributed by atoms with E-state index in [4.69, 9.17) is 9.15 Å². The zero-order valence-electron chi connectivity index (χ0n) is 10.6. The Morgan fingerprint density at radius 3 is 2.58 bits per heavy atom. The second-order valence-corrected chi connectivity index (χ2v) is 4.22. The van der Waals surface area contributed by atoms with E-state index < -0.39 is 0 Å². The summed E-state index contributed by atoms with van der Waals surface area (Å²) in [5.41, 5.74) is 0.962. The highest BCUT2D eigenvalue weighted by molar-refractivity contribution is 6.01. The van der Waals surface area contributed by atoms with Gasteiger partial charge >= 0.3 is 0 Å². The van der Waals surface area contributed by atoms with Gasteiger partial charge in [0, 0.05) is 10.9 Å². The standard InChI is InChI=1S/C16H14O3/c1-2-18-16-14-12(9-6-10-13(14)17)15(19-16)11-7-4-3-5-8-11/h3-10,17H,2H2,1H3. The van der Waals surface area contributed by atoms with Crippen molar-refractivity contribution in [3.05, 3.63) is 48.5 Å². The smallest absolute Gasteiger partial charge is 0.296 e. The number of ether oxygens (including phenoxy) is 1. The Hall–Kier alpha value is -2.42. The molecule has 0 saturated carbocycles. The molecule has 3 nitrogen and oxygen atoms in total. The van der Waals surface area contributed by atoms with Gasteiger partial charge in [-0.05, 0) is 13.0 Å². The quantitative estimate of drug-likeness (QED) is 0.761. The van der Waals surface area contributed by atoms with E-state index in [-0.39, 0.29) is 5.75 Å². The predicted molar refractivity (Wildman–Crippen MR) is 74.5 cm³/mol. The number of phenolic OH excluding ortho intramolecular Hbond substituents is 1. The summed E-state index contributed by atoms with van der Waals surface area (Å²) in [6.45, 7) is 2.38. The highest BCUT2D eigenvalue weighted by atomic mass is 16.6. The van der Waals surface area contributed by atoms with Crippen LogP contribution >= 0.6 is 0 Å². The van der Waals surface area contributed by atoms with Crippen LogP contribution in [0.5, 0.6) is 11.7 Å². The molecule has 1 aromatic heterocycles.